The molecule has 0 radical (unpaired) electrons. The second-order valence-electron chi connectivity index (χ2n) is 4.56. The molecule has 14 heavy (non-hydrogen) atoms. The van der Waals surface area contributed by atoms with Crippen molar-refractivity contribution >= 4 is 5.71 Å². The summed E-state index contributed by atoms with van der Waals surface area (Å²) < 4.78 is 0. The molecular weight excluding hydrogens is 170 g/mol. The third-order valence-corrected chi connectivity index (χ3v) is 2.35. The zero-order valence-corrected chi connectivity index (χ0v) is 9.98. The fraction of sp³-hybridized carbons (Fsp3) is 0.615. The van der Waals surface area contributed by atoms with Gasteiger partial charge < -0.3 is 5.41 Å². The first-order chi connectivity index (χ1) is 6.40. The number of rotatable bonds is 6. The van der Waals surface area contributed by atoms with Crippen LogP contribution in [0.5, 0.6) is 0 Å². The highest BCUT2D eigenvalue weighted by Crippen LogP contribution is 2.30. The standard InChI is InChI=1S/C13H23N/c1-6-7-8-9-11(2)13(4,5)10-12(3)14/h8-9,14H,2,6-7,10H2,1,3-5H3. The Balaban J connectivity index is 4.27. The predicted molar refractivity (Wildman–Crippen MR) is 65.0 cm³/mol. The van der Waals surface area contributed by atoms with Crippen molar-refractivity contribution in [2.75, 3.05) is 0 Å². The molecule has 0 heterocycles. The summed E-state index contributed by atoms with van der Waals surface area (Å²) in [5, 5.41) is 7.49. The Kier molecular flexibility index (Phi) is 5.44. The molecule has 0 aromatic heterocycles. The van der Waals surface area contributed by atoms with Crippen LogP contribution in [0.15, 0.2) is 24.3 Å². The Labute approximate surface area is 88.4 Å². The summed E-state index contributed by atoms with van der Waals surface area (Å²) >= 11 is 0. The molecule has 0 aliphatic rings. The van der Waals surface area contributed by atoms with Crippen LogP contribution in [-0.4, -0.2) is 5.71 Å². The maximum Gasteiger partial charge on any atom is 0.00668 e. The molecule has 0 fully saturated rings. The van der Waals surface area contributed by atoms with E-state index < -0.39 is 0 Å². The minimum absolute atomic E-state index is 0.0239. The molecule has 0 bridgehead atoms. The lowest BCUT2D eigenvalue weighted by molar-refractivity contribution is 0.479. The number of unbranched alkanes of at least 4 members (excludes halogenated alkanes) is 1. The lowest BCUT2D eigenvalue weighted by Crippen LogP contribution is -2.16. The van der Waals surface area contributed by atoms with Crippen molar-refractivity contribution in [3.63, 3.8) is 0 Å². The van der Waals surface area contributed by atoms with Crippen LogP contribution in [0.4, 0.5) is 0 Å². The van der Waals surface area contributed by atoms with E-state index >= 15 is 0 Å². The number of allylic oxidation sites excluding steroid dienone is 3. The van der Waals surface area contributed by atoms with Crippen molar-refractivity contribution in [1.29, 1.82) is 5.41 Å². The van der Waals surface area contributed by atoms with Gasteiger partial charge in [-0.15, -0.1) is 0 Å². The van der Waals surface area contributed by atoms with Crippen molar-refractivity contribution < 1.29 is 0 Å². The first kappa shape index (κ1) is 13.2. The van der Waals surface area contributed by atoms with E-state index in [-0.39, 0.29) is 5.41 Å². The van der Waals surface area contributed by atoms with Crippen LogP contribution in [0.3, 0.4) is 0 Å². The third kappa shape index (κ3) is 5.00. The molecule has 0 rings (SSSR count). The average molecular weight is 193 g/mol. The molecule has 80 valence electrons. The van der Waals surface area contributed by atoms with Gasteiger partial charge in [-0.25, -0.2) is 0 Å². The summed E-state index contributed by atoms with van der Waals surface area (Å²) in [6.07, 6.45) is 7.35. The smallest absolute Gasteiger partial charge is 0.00668 e. The van der Waals surface area contributed by atoms with E-state index in [1.165, 1.54) is 6.42 Å². The van der Waals surface area contributed by atoms with Gasteiger partial charge in [-0.3, -0.25) is 0 Å². The topological polar surface area (TPSA) is 23.9 Å². The quantitative estimate of drug-likeness (QED) is 0.479. The zero-order valence-electron chi connectivity index (χ0n) is 9.98. The van der Waals surface area contributed by atoms with Crippen LogP contribution in [0.2, 0.25) is 0 Å². The highest BCUT2D eigenvalue weighted by molar-refractivity contribution is 5.79. The van der Waals surface area contributed by atoms with E-state index in [0.29, 0.717) is 0 Å². The number of hydrogen-bond donors (Lipinski definition) is 1. The Morgan fingerprint density at radius 1 is 1.43 bits per heavy atom. The van der Waals surface area contributed by atoms with Crippen LogP contribution in [0.1, 0.15) is 47.0 Å². The molecule has 0 aliphatic carbocycles. The van der Waals surface area contributed by atoms with Crippen LogP contribution in [0.25, 0.3) is 0 Å². The monoisotopic (exact) mass is 193 g/mol. The van der Waals surface area contributed by atoms with Gasteiger partial charge >= 0.3 is 0 Å². The second kappa shape index (κ2) is 5.79. The third-order valence-electron chi connectivity index (χ3n) is 2.35. The molecule has 0 aliphatic heterocycles. The first-order valence-corrected chi connectivity index (χ1v) is 5.30. The second-order valence-corrected chi connectivity index (χ2v) is 4.56. The minimum Gasteiger partial charge on any atom is -0.310 e. The summed E-state index contributed by atoms with van der Waals surface area (Å²) in [6, 6.07) is 0. The lowest BCUT2D eigenvalue weighted by Gasteiger charge is -2.25. The highest BCUT2D eigenvalue weighted by atomic mass is 14.4. The van der Waals surface area contributed by atoms with Crippen molar-refractivity contribution in [3.8, 4) is 0 Å². The molecule has 0 amide bonds. The molecule has 0 atom stereocenters. The molecule has 0 aromatic rings. The van der Waals surface area contributed by atoms with Gasteiger partial charge in [-0.2, -0.15) is 0 Å². The minimum atomic E-state index is 0.0239. The molecule has 0 saturated carbocycles. The molecule has 0 spiro atoms. The molecular formula is C13H23N. The van der Waals surface area contributed by atoms with E-state index in [9.17, 15) is 0 Å². The Morgan fingerprint density at radius 3 is 2.43 bits per heavy atom. The van der Waals surface area contributed by atoms with Crippen LogP contribution < -0.4 is 0 Å². The highest BCUT2D eigenvalue weighted by Gasteiger charge is 2.20. The number of nitrogens with one attached hydrogen (secondary N) is 1. The summed E-state index contributed by atoms with van der Waals surface area (Å²) in [6.45, 7) is 12.4. The van der Waals surface area contributed by atoms with E-state index in [1.807, 2.05) is 6.92 Å². The lowest BCUT2D eigenvalue weighted by atomic mass is 9.80. The average Bonchev–Trinajstić information content (AvgIpc) is 2.02. The molecule has 0 aromatic carbocycles. The van der Waals surface area contributed by atoms with Gasteiger partial charge in [0.05, 0.1) is 0 Å². The predicted octanol–water partition coefficient (Wildman–Crippen LogP) is 4.35. The van der Waals surface area contributed by atoms with E-state index in [2.05, 4.69) is 39.5 Å². The molecule has 0 unspecified atom stereocenters. The van der Waals surface area contributed by atoms with Crippen molar-refractivity contribution in [2.45, 2.75) is 47.0 Å². The fourth-order valence-corrected chi connectivity index (χ4v) is 1.39. The fourth-order valence-electron chi connectivity index (χ4n) is 1.39. The largest absolute Gasteiger partial charge is 0.310 e. The van der Waals surface area contributed by atoms with Crippen molar-refractivity contribution in [3.05, 3.63) is 24.3 Å². The number of hydrogen-bond acceptors (Lipinski definition) is 1. The summed E-state index contributed by atoms with van der Waals surface area (Å²) in [5.74, 6) is 0. The maximum atomic E-state index is 7.49. The zero-order chi connectivity index (χ0) is 11.2. The van der Waals surface area contributed by atoms with E-state index in [0.717, 1.165) is 24.1 Å². The molecule has 0 saturated heterocycles. The first-order valence-electron chi connectivity index (χ1n) is 5.30. The van der Waals surface area contributed by atoms with Crippen LogP contribution in [0, 0.1) is 10.8 Å². The van der Waals surface area contributed by atoms with Crippen molar-refractivity contribution in [1.82, 2.24) is 0 Å². The van der Waals surface area contributed by atoms with Gasteiger partial charge in [-0.05, 0) is 30.8 Å². The molecule has 1 nitrogen and oxygen atoms in total. The molecule has 1 N–H and O–H groups in total. The Morgan fingerprint density at radius 2 is 2.00 bits per heavy atom. The van der Waals surface area contributed by atoms with E-state index in [1.54, 1.807) is 0 Å². The van der Waals surface area contributed by atoms with Crippen LogP contribution >= 0.6 is 0 Å². The maximum absolute atomic E-state index is 7.49. The van der Waals surface area contributed by atoms with Gasteiger partial charge in [0, 0.05) is 5.71 Å². The summed E-state index contributed by atoms with van der Waals surface area (Å²) in [4.78, 5) is 0. The summed E-state index contributed by atoms with van der Waals surface area (Å²) in [7, 11) is 0. The van der Waals surface area contributed by atoms with Gasteiger partial charge in [-0.1, -0.05) is 45.9 Å². The van der Waals surface area contributed by atoms with Gasteiger partial charge in [0.2, 0.25) is 0 Å². The SMILES string of the molecule is C=C(C=CCCC)C(C)(C)CC(C)=N. The Hall–Kier alpha value is -0.850. The van der Waals surface area contributed by atoms with Gasteiger partial charge in [0.25, 0.3) is 0 Å². The van der Waals surface area contributed by atoms with Crippen LogP contribution in [-0.2, 0) is 0 Å². The van der Waals surface area contributed by atoms with Gasteiger partial charge in [0.15, 0.2) is 0 Å². The Bertz CT molecular complexity index is 234. The van der Waals surface area contributed by atoms with E-state index in [4.69, 9.17) is 5.41 Å². The normalized spacial score (nSPS) is 12.0. The molecule has 1 heteroatoms. The van der Waals surface area contributed by atoms with Crippen molar-refractivity contribution in [2.24, 2.45) is 5.41 Å². The summed E-state index contributed by atoms with van der Waals surface area (Å²) in [5.41, 5.74) is 1.87. The van der Waals surface area contributed by atoms with Gasteiger partial charge in [0.1, 0.15) is 0 Å².